The Hall–Kier alpha value is -3.16. The Morgan fingerprint density at radius 1 is 1.00 bits per heavy atom. The number of hydrogen-bond donors (Lipinski definition) is 2. The molecule has 2 N–H and O–H groups in total. The number of amides is 2. The lowest BCUT2D eigenvalue weighted by Crippen LogP contribution is -2.46. The van der Waals surface area contributed by atoms with Gasteiger partial charge in [0.2, 0.25) is 11.8 Å². The molecule has 0 aromatic heterocycles. The highest BCUT2D eigenvalue weighted by Crippen LogP contribution is 2.21. The van der Waals surface area contributed by atoms with E-state index in [1.165, 1.54) is 13.8 Å². The first-order valence-electron chi connectivity index (χ1n) is 8.55. The molecule has 150 valence electrons. The molecule has 0 fully saturated rings. The number of carbonyl (C=O) groups is 2. The van der Waals surface area contributed by atoms with Gasteiger partial charge >= 0.3 is 0 Å². The molecule has 0 heterocycles. The van der Waals surface area contributed by atoms with Crippen molar-refractivity contribution in [1.29, 1.82) is 0 Å². The lowest BCUT2D eigenvalue weighted by Gasteiger charge is -2.23. The zero-order valence-electron chi connectivity index (χ0n) is 15.8. The van der Waals surface area contributed by atoms with Crippen molar-refractivity contribution in [3.63, 3.8) is 0 Å². The Labute approximate surface area is 161 Å². The summed E-state index contributed by atoms with van der Waals surface area (Å²) in [5.74, 6) is -1.64. The van der Waals surface area contributed by atoms with Crippen LogP contribution >= 0.6 is 0 Å². The lowest BCUT2D eigenvalue weighted by molar-refractivity contribution is -0.138. The summed E-state index contributed by atoms with van der Waals surface area (Å²) in [5, 5.41) is 4.90. The van der Waals surface area contributed by atoms with Crippen molar-refractivity contribution in [2.24, 2.45) is 5.41 Å². The molecule has 0 unspecified atom stereocenters. The summed E-state index contributed by atoms with van der Waals surface area (Å²) in [4.78, 5) is 24.7. The zero-order valence-corrected chi connectivity index (χ0v) is 15.8. The molecular weight excluding hydrogens is 370 g/mol. The molecule has 0 spiro atoms. The van der Waals surface area contributed by atoms with Crippen molar-refractivity contribution in [3.8, 4) is 11.5 Å². The first-order valence-corrected chi connectivity index (χ1v) is 8.55. The molecule has 6 nitrogen and oxygen atoms in total. The minimum Gasteiger partial charge on any atom is -0.497 e. The second kappa shape index (κ2) is 9.16. The van der Waals surface area contributed by atoms with Gasteiger partial charge in [-0.3, -0.25) is 9.59 Å². The molecule has 2 amide bonds. The molecule has 0 aliphatic heterocycles. The lowest BCUT2D eigenvalue weighted by atomic mass is 9.91. The van der Waals surface area contributed by atoms with Crippen molar-refractivity contribution in [3.05, 3.63) is 54.1 Å². The number of halogens is 2. The highest BCUT2D eigenvalue weighted by molar-refractivity contribution is 6.09. The van der Waals surface area contributed by atoms with Crippen LogP contribution in [0.5, 0.6) is 11.5 Å². The van der Waals surface area contributed by atoms with E-state index in [1.807, 2.05) is 0 Å². The third-order valence-electron chi connectivity index (χ3n) is 4.03. The summed E-state index contributed by atoms with van der Waals surface area (Å²) < 4.78 is 37.2. The summed E-state index contributed by atoms with van der Waals surface area (Å²) >= 11 is 0. The highest BCUT2D eigenvalue weighted by atomic mass is 19.1. The molecule has 0 atom stereocenters. The number of ether oxygens (including phenoxy) is 2. The average Bonchev–Trinajstić information content (AvgIpc) is 2.67. The highest BCUT2D eigenvalue weighted by Gasteiger charge is 2.36. The van der Waals surface area contributed by atoms with Crippen molar-refractivity contribution in [2.75, 3.05) is 25.6 Å². The van der Waals surface area contributed by atoms with E-state index in [0.717, 1.165) is 12.1 Å². The van der Waals surface area contributed by atoms with Gasteiger partial charge in [0.05, 0.1) is 19.3 Å². The summed E-state index contributed by atoms with van der Waals surface area (Å²) in [6, 6.07) is 9.72. The first-order chi connectivity index (χ1) is 13.2. The number of hydrogen-bond acceptors (Lipinski definition) is 4. The Kier molecular flexibility index (Phi) is 6.92. The summed E-state index contributed by atoms with van der Waals surface area (Å²) in [6.45, 7) is 3.18. The van der Waals surface area contributed by atoms with Crippen LogP contribution < -0.4 is 20.1 Å². The fourth-order valence-corrected chi connectivity index (χ4v) is 2.20. The first kappa shape index (κ1) is 21.1. The molecule has 2 aromatic rings. The molecule has 8 heteroatoms. The Bertz CT molecular complexity index is 839. The van der Waals surface area contributed by atoms with Gasteiger partial charge in [-0.1, -0.05) is 0 Å². The van der Waals surface area contributed by atoms with Gasteiger partial charge in [-0.2, -0.15) is 0 Å². The van der Waals surface area contributed by atoms with E-state index in [1.54, 1.807) is 31.4 Å². The van der Waals surface area contributed by atoms with Crippen molar-refractivity contribution in [2.45, 2.75) is 13.8 Å². The maximum atomic E-state index is 13.7. The largest absolute Gasteiger partial charge is 0.497 e. The van der Waals surface area contributed by atoms with Gasteiger partial charge in [-0.25, -0.2) is 8.78 Å². The van der Waals surface area contributed by atoms with Gasteiger partial charge in [0.1, 0.15) is 35.2 Å². The molecule has 2 aromatic carbocycles. The van der Waals surface area contributed by atoms with Crippen LogP contribution in [0.1, 0.15) is 13.8 Å². The van der Waals surface area contributed by atoms with Crippen molar-refractivity contribution >= 4 is 17.5 Å². The number of methoxy groups -OCH3 is 1. The predicted octanol–water partition coefficient (Wildman–Crippen LogP) is 3.13. The standard InChI is InChI=1S/C20H22F2N2O4/c1-20(2,19(26)24-17-9-4-13(21)12-16(17)22)18(25)23-10-11-28-15-7-5-14(27-3)6-8-15/h4-9,12H,10-11H2,1-3H3,(H,23,25)(H,24,26). The van der Waals surface area contributed by atoms with Gasteiger partial charge in [-0.15, -0.1) is 0 Å². The van der Waals surface area contributed by atoms with E-state index in [0.29, 0.717) is 17.6 Å². The Balaban J connectivity index is 1.84. The number of rotatable bonds is 8. The molecular formula is C20H22F2N2O4. The fourth-order valence-electron chi connectivity index (χ4n) is 2.20. The number of carbonyl (C=O) groups excluding carboxylic acids is 2. The van der Waals surface area contributed by atoms with E-state index in [2.05, 4.69) is 10.6 Å². The van der Waals surface area contributed by atoms with Gasteiger partial charge in [0.15, 0.2) is 0 Å². The molecule has 0 aliphatic rings. The smallest absolute Gasteiger partial charge is 0.239 e. The second-order valence-electron chi connectivity index (χ2n) is 6.48. The minimum absolute atomic E-state index is 0.173. The van der Waals surface area contributed by atoms with Crippen LogP contribution in [-0.2, 0) is 9.59 Å². The molecule has 28 heavy (non-hydrogen) atoms. The second-order valence-corrected chi connectivity index (χ2v) is 6.48. The molecule has 0 radical (unpaired) electrons. The van der Waals surface area contributed by atoms with Crippen LogP contribution in [0, 0.1) is 17.0 Å². The summed E-state index contributed by atoms with van der Waals surface area (Å²) in [7, 11) is 1.56. The van der Waals surface area contributed by atoms with Crippen LogP contribution in [0.25, 0.3) is 0 Å². The van der Waals surface area contributed by atoms with Crippen molar-refractivity contribution < 1.29 is 27.8 Å². The molecule has 0 saturated heterocycles. The van der Waals surface area contributed by atoms with E-state index in [9.17, 15) is 18.4 Å². The summed E-state index contributed by atoms with van der Waals surface area (Å²) in [6.07, 6.45) is 0. The number of anilines is 1. The van der Waals surface area contributed by atoms with Crippen LogP contribution in [0.4, 0.5) is 14.5 Å². The van der Waals surface area contributed by atoms with E-state index in [-0.39, 0.29) is 18.8 Å². The average molecular weight is 392 g/mol. The maximum absolute atomic E-state index is 13.7. The van der Waals surface area contributed by atoms with Crippen LogP contribution in [-0.4, -0.2) is 32.1 Å². The number of nitrogens with one attached hydrogen (secondary N) is 2. The van der Waals surface area contributed by atoms with E-state index >= 15 is 0 Å². The minimum atomic E-state index is -1.47. The van der Waals surface area contributed by atoms with Crippen LogP contribution in [0.2, 0.25) is 0 Å². The molecule has 0 saturated carbocycles. The third-order valence-corrected chi connectivity index (χ3v) is 4.03. The van der Waals surface area contributed by atoms with Gasteiger partial charge in [0, 0.05) is 6.07 Å². The van der Waals surface area contributed by atoms with E-state index in [4.69, 9.17) is 9.47 Å². The van der Waals surface area contributed by atoms with Crippen molar-refractivity contribution in [1.82, 2.24) is 5.32 Å². The zero-order chi connectivity index (χ0) is 20.7. The fraction of sp³-hybridized carbons (Fsp3) is 0.300. The maximum Gasteiger partial charge on any atom is 0.239 e. The quantitative estimate of drug-likeness (QED) is 0.535. The summed E-state index contributed by atoms with van der Waals surface area (Å²) in [5.41, 5.74) is -1.67. The van der Waals surface area contributed by atoms with Gasteiger partial charge < -0.3 is 20.1 Å². The molecule has 0 aliphatic carbocycles. The van der Waals surface area contributed by atoms with Crippen LogP contribution in [0.3, 0.4) is 0 Å². The van der Waals surface area contributed by atoms with Gasteiger partial charge in [-0.05, 0) is 50.2 Å². The van der Waals surface area contributed by atoms with E-state index < -0.39 is 28.9 Å². The monoisotopic (exact) mass is 392 g/mol. The number of benzene rings is 2. The Morgan fingerprint density at radius 2 is 1.64 bits per heavy atom. The SMILES string of the molecule is COc1ccc(OCCNC(=O)C(C)(C)C(=O)Nc2ccc(F)cc2F)cc1. The van der Waals surface area contributed by atoms with Gasteiger partial charge in [0.25, 0.3) is 0 Å². The van der Waals surface area contributed by atoms with Crippen LogP contribution in [0.15, 0.2) is 42.5 Å². The Morgan fingerprint density at radius 3 is 2.25 bits per heavy atom. The topological polar surface area (TPSA) is 76.7 Å². The molecule has 2 rings (SSSR count). The third kappa shape index (κ3) is 5.42. The molecule has 0 bridgehead atoms. The predicted molar refractivity (Wildman–Crippen MR) is 100 cm³/mol. The normalized spacial score (nSPS) is 10.9.